The van der Waals surface area contributed by atoms with Crippen LogP contribution in [0.25, 0.3) is 0 Å². The lowest BCUT2D eigenvalue weighted by Crippen LogP contribution is -2.46. The van der Waals surface area contributed by atoms with Crippen molar-refractivity contribution >= 4 is 16.0 Å². The van der Waals surface area contributed by atoms with E-state index in [4.69, 9.17) is 5.11 Å². The molecule has 0 saturated carbocycles. The van der Waals surface area contributed by atoms with Gasteiger partial charge < -0.3 is 10.4 Å². The van der Waals surface area contributed by atoms with Crippen molar-refractivity contribution in [3.63, 3.8) is 0 Å². The second-order valence-electron chi connectivity index (χ2n) is 4.94. The minimum absolute atomic E-state index is 0.149. The highest BCUT2D eigenvalue weighted by atomic mass is 32.2. The molecule has 0 spiro atoms. The van der Waals surface area contributed by atoms with E-state index in [-0.39, 0.29) is 18.5 Å². The van der Waals surface area contributed by atoms with Crippen LogP contribution in [-0.2, 0) is 14.8 Å². The van der Waals surface area contributed by atoms with E-state index in [0.29, 0.717) is 19.5 Å². The quantitative estimate of drug-likeness (QED) is 0.727. The molecule has 2 N–H and O–H groups in total. The first-order chi connectivity index (χ1) is 8.29. The smallest absolute Gasteiger partial charge is 0.303 e. The summed E-state index contributed by atoms with van der Waals surface area (Å²) >= 11 is 0. The van der Waals surface area contributed by atoms with Gasteiger partial charge in [-0.15, -0.1) is 0 Å². The molecule has 1 aliphatic rings. The highest BCUT2D eigenvalue weighted by Gasteiger charge is 2.25. The Morgan fingerprint density at radius 2 is 2.00 bits per heavy atom. The van der Waals surface area contributed by atoms with Crippen LogP contribution in [0.15, 0.2) is 0 Å². The Balaban J connectivity index is 2.29. The molecule has 0 aliphatic carbocycles. The van der Waals surface area contributed by atoms with Gasteiger partial charge in [0.25, 0.3) is 0 Å². The predicted octanol–water partition coefficient (Wildman–Crippen LogP) is 0.253. The summed E-state index contributed by atoms with van der Waals surface area (Å²) in [6.07, 6.45) is 3.56. The summed E-state index contributed by atoms with van der Waals surface area (Å²) in [4.78, 5) is 10.4. The Morgan fingerprint density at radius 3 is 2.44 bits per heavy atom. The van der Waals surface area contributed by atoms with Gasteiger partial charge in [-0.05, 0) is 26.2 Å². The maximum absolute atomic E-state index is 11.3. The normalized spacial score (nSPS) is 20.8. The predicted molar refractivity (Wildman–Crippen MR) is 68.9 cm³/mol. The monoisotopic (exact) mass is 278 g/mol. The second-order valence-corrected chi connectivity index (χ2v) is 6.92. The minimum Gasteiger partial charge on any atom is -0.481 e. The van der Waals surface area contributed by atoms with Gasteiger partial charge in [-0.25, -0.2) is 12.7 Å². The molecule has 0 amide bonds. The van der Waals surface area contributed by atoms with E-state index in [1.807, 2.05) is 6.92 Å². The molecule has 6 nitrogen and oxygen atoms in total. The van der Waals surface area contributed by atoms with Gasteiger partial charge in [-0.2, -0.15) is 0 Å². The third-order valence-corrected chi connectivity index (χ3v) is 4.54. The maximum atomic E-state index is 11.3. The SMILES string of the molecule is CC(CCC(=O)O)NC1CCN(S(C)(=O)=O)CC1. The van der Waals surface area contributed by atoms with Crippen LogP contribution in [-0.4, -0.2) is 55.2 Å². The van der Waals surface area contributed by atoms with Crippen LogP contribution in [0.4, 0.5) is 0 Å². The van der Waals surface area contributed by atoms with Crippen molar-refractivity contribution in [2.24, 2.45) is 0 Å². The molecule has 1 heterocycles. The van der Waals surface area contributed by atoms with E-state index in [1.165, 1.54) is 10.6 Å². The average molecular weight is 278 g/mol. The van der Waals surface area contributed by atoms with E-state index in [0.717, 1.165) is 12.8 Å². The molecule has 1 saturated heterocycles. The van der Waals surface area contributed by atoms with Gasteiger partial charge in [0.05, 0.1) is 6.26 Å². The first kappa shape index (κ1) is 15.4. The summed E-state index contributed by atoms with van der Waals surface area (Å²) in [5, 5.41) is 12.0. The van der Waals surface area contributed by atoms with Crippen molar-refractivity contribution in [3.05, 3.63) is 0 Å². The number of carboxylic acids is 1. The molecule has 1 atom stereocenters. The summed E-state index contributed by atoms with van der Waals surface area (Å²) in [7, 11) is -3.07. The fourth-order valence-corrected chi connectivity index (χ4v) is 3.05. The second kappa shape index (κ2) is 6.49. The van der Waals surface area contributed by atoms with Crippen LogP contribution in [0.5, 0.6) is 0 Å². The number of nitrogens with zero attached hydrogens (tertiary/aromatic N) is 1. The van der Waals surface area contributed by atoms with Gasteiger partial charge in [-0.1, -0.05) is 0 Å². The van der Waals surface area contributed by atoms with E-state index in [9.17, 15) is 13.2 Å². The summed E-state index contributed by atoms with van der Waals surface area (Å²) in [6, 6.07) is 0.433. The molecule has 0 bridgehead atoms. The summed E-state index contributed by atoms with van der Waals surface area (Å²) in [5.41, 5.74) is 0. The Hall–Kier alpha value is -0.660. The van der Waals surface area contributed by atoms with Crippen LogP contribution in [0, 0.1) is 0 Å². The molecule has 1 fully saturated rings. The summed E-state index contributed by atoms with van der Waals surface area (Å²) < 4.78 is 24.2. The Morgan fingerprint density at radius 1 is 1.44 bits per heavy atom. The first-order valence-corrected chi connectivity index (χ1v) is 8.07. The maximum Gasteiger partial charge on any atom is 0.303 e. The molecule has 18 heavy (non-hydrogen) atoms. The van der Waals surface area contributed by atoms with Crippen molar-refractivity contribution in [3.8, 4) is 0 Å². The van der Waals surface area contributed by atoms with E-state index >= 15 is 0 Å². The number of rotatable bonds is 6. The zero-order valence-corrected chi connectivity index (χ0v) is 11.7. The lowest BCUT2D eigenvalue weighted by Gasteiger charge is -2.32. The molecule has 106 valence electrons. The molecule has 1 unspecified atom stereocenters. The summed E-state index contributed by atoms with van der Waals surface area (Å²) in [5.74, 6) is -0.782. The van der Waals surface area contributed by atoms with Gasteiger partial charge in [0.1, 0.15) is 0 Å². The number of hydrogen-bond acceptors (Lipinski definition) is 4. The number of piperidine rings is 1. The Kier molecular flexibility index (Phi) is 5.55. The molecule has 7 heteroatoms. The molecular weight excluding hydrogens is 256 g/mol. The van der Waals surface area contributed by atoms with Crippen molar-refractivity contribution in [2.45, 2.75) is 44.7 Å². The van der Waals surface area contributed by atoms with Gasteiger partial charge in [0.2, 0.25) is 10.0 Å². The van der Waals surface area contributed by atoms with Crippen molar-refractivity contribution in [1.29, 1.82) is 0 Å². The number of nitrogens with one attached hydrogen (secondary N) is 1. The van der Waals surface area contributed by atoms with Crippen molar-refractivity contribution in [1.82, 2.24) is 9.62 Å². The molecule has 0 radical (unpaired) electrons. The first-order valence-electron chi connectivity index (χ1n) is 6.22. The number of aliphatic carboxylic acids is 1. The number of carboxylic acid groups (broad SMARTS) is 1. The molecule has 0 aromatic rings. The zero-order chi connectivity index (χ0) is 13.8. The number of carbonyl (C=O) groups is 1. The number of hydrogen-bond donors (Lipinski definition) is 2. The van der Waals surface area contributed by atoms with Crippen molar-refractivity contribution in [2.75, 3.05) is 19.3 Å². The third kappa shape index (κ3) is 5.32. The Bertz CT molecular complexity index is 375. The minimum atomic E-state index is -3.07. The topological polar surface area (TPSA) is 86.7 Å². The van der Waals surface area contributed by atoms with E-state index in [2.05, 4.69) is 5.32 Å². The van der Waals surface area contributed by atoms with Crippen LogP contribution in [0.2, 0.25) is 0 Å². The van der Waals surface area contributed by atoms with Crippen LogP contribution in [0.1, 0.15) is 32.6 Å². The van der Waals surface area contributed by atoms with E-state index < -0.39 is 16.0 Å². The largest absolute Gasteiger partial charge is 0.481 e. The third-order valence-electron chi connectivity index (χ3n) is 3.23. The van der Waals surface area contributed by atoms with Crippen LogP contribution in [0.3, 0.4) is 0 Å². The fraction of sp³-hybridized carbons (Fsp3) is 0.909. The van der Waals surface area contributed by atoms with E-state index in [1.54, 1.807) is 0 Å². The highest BCUT2D eigenvalue weighted by molar-refractivity contribution is 7.88. The molecule has 1 aliphatic heterocycles. The van der Waals surface area contributed by atoms with Gasteiger partial charge in [0, 0.05) is 31.6 Å². The molecule has 0 aromatic carbocycles. The molecular formula is C11H22N2O4S. The average Bonchev–Trinajstić information content (AvgIpc) is 2.26. The summed E-state index contributed by atoms with van der Waals surface area (Å²) in [6.45, 7) is 3.05. The zero-order valence-electron chi connectivity index (χ0n) is 10.9. The number of sulfonamides is 1. The standard InChI is InChI=1S/C11H22N2O4S/c1-9(3-4-11(14)15)12-10-5-7-13(8-6-10)18(2,16)17/h9-10,12H,3-8H2,1-2H3,(H,14,15). The lowest BCUT2D eigenvalue weighted by molar-refractivity contribution is -0.137. The highest BCUT2D eigenvalue weighted by Crippen LogP contribution is 2.14. The Labute approximate surface area is 108 Å². The van der Waals surface area contributed by atoms with Crippen LogP contribution < -0.4 is 5.32 Å². The van der Waals surface area contributed by atoms with Gasteiger partial charge in [-0.3, -0.25) is 4.79 Å². The molecule has 0 aromatic heterocycles. The molecule has 1 rings (SSSR count). The van der Waals surface area contributed by atoms with Crippen LogP contribution >= 0.6 is 0 Å². The fourth-order valence-electron chi connectivity index (χ4n) is 2.18. The van der Waals surface area contributed by atoms with Gasteiger partial charge in [0.15, 0.2) is 0 Å². The van der Waals surface area contributed by atoms with Crippen molar-refractivity contribution < 1.29 is 18.3 Å². The lowest BCUT2D eigenvalue weighted by atomic mass is 10.0. The van der Waals surface area contributed by atoms with Gasteiger partial charge >= 0.3 is 5.97 Å².